The SMILES string of the molecule is COc1ccc(C(=O)Nc2ccc3c(c2)OC(C)C(=O)N3Cc2ccccc2)cc1OC. The predicted molar refractivity (Wildman–Crippen MR) is 122 cm³/mol. The van der Waals surface area contributed by atoms with Gasteiger partial charge in [0.25, 0.3) is 11.8 Å². The predicted octanol–water partition coefficient (Wildman–Crippen LogP) is 4.27. The summed E-state index contributed by atoms with van der Waals surface area (Å²) in [7, 11) is 3.06. The fourth-order valence-corrected chi connectivity index (χ4v) is 3.60. The number of anilines is 2. The van der Waals surface area contributed by atoms with Gasteiger partial charge in [0, 0.05) is 17.3 Å². The Labute approximate surface area is 186 Å². The molecule has 1 atom stereocenters. The normalized spacial score (nSPS) is 14.9. The Morgan fingerprint density at radius 2 is 1.75 bits per heavy atom. The van der Waals surface area contributed by atoms with Crippen LogP contribution in [0.2, 0.25) is 0 Å². The summed E-state index contributed by atoms with van der Waals surface area (Å²) in [5.41, 5.74) is 2.67. The number of carbonyl (C=O) groups excluding carboxylic acids is 2. The first-order valence-corrected chi connectivity index (χ1v) is 10.2. The van der Waals surface area contributed by atoms with Crippen molar-refractivity contribution < 1.29 is 23.8 Å². The number of ether oxygens (including phenoxy) is 3. The molecule has 0 bridgehead atoms. The summed E-state index contributed by atoms with van der Waals surface area (Å²) in [5.74, 6) is 1.15. The molecular weight excluding hydrogens is 408 g/mol. The van der Waals surface area contributed by atoms with E-state index in [1.165, 1.54) is 14.2 Å². The Morgan fingerprint density at radius 1 is 1.00 bits per heavy atom. The number of benzene rings is 3. The molecule has 0 radical (unpaired) electrons. The molecule has 0 saturated carbocycles. The molecule has 7 nitrogen and oxygen atoms in total. The van der Waals surface area contributed by atoms with Crippen LogP contribution in [0.15, 0.2) is 66.7 Å². The third-order valence-electron chi connectivity index (χ3n) is 5.26. The summed E-state index contributed by atoms with van der Waals surface area (Å²) < 4.78 is 16.3. The van der Waals surface area contributed by atoms with E-state index in [0.29, 0.717) is 40.7 Å². The molecule has 1 aliphatic heterocycles. The van der Waals surface area contributed by atoms with Gasteiger partial charge in [-0.25, -0.2) is 0 Å². The van der Waals surface area contributed by atoms with Gasteiger partial charge >= 0.3 is 0 Å². The van der Waals surface area contributed by atoms with Gasteiger partial charge < -0.3 is 24.4 Å². The standard InChI is InChI=1S/C25H24N2O5/c1-16-25(29)27(15-17-7-5-4-6-8-17)20-11-10-19(14-22(20)32-16)26-24(28)18-9-12-21(30-2)23(13-18)31-3/h4-14,16H,15H2,1-3H3,(H,26,28). The molecule has 4 rings (SSSR count). The first kappa shape index (κ1) is 21.2. The number of amides is 2. The van der Waals surface area contributed by atoms with Gasteiger partial charge in [-0.05, 0) is 42.8 Å². The van der Waals surface area contributed by atoms with E-state index < -0.39 is 6.10 Å². The van der Waals surface area contributed by atoms with Crippen LogP contribution < -0.4 is 24.4 Å². The molecule has 0 aromatic heterocycles. The average Bonchev–Trinajstić information content (AvgIpc) is 2.82. The van der Waals surface area contributed by atoms with Gasteiger partial charge in [-0.15, -0.1) is 0 Å². The number of carbonyl (C=O) groups is 2. The maximum atomic E-state index is 12.8. The Bertz CT molecular complexity index is 1150. The third-order valence-corrected chi connectivity index (χ3v) is 5.26. The molecule has 1 aliphatic rings. The molecule has 7 heteroatoms. The third kappa shape index (κ3) is 4.23. The zero-order valence-electron chi connectivity index (χ0n) is 18.1. The molecule has 164 valence electrons. The van der Waals surface area contributed by atoms with Crippen LogP contribution in [-0.4, -0.2) is 32.1 Å². The number of hydrogen-bond acceptors (Lipinski definition) is 5. The summed E-state index contributed by atoms with van der Waals surface area (Å²) in [4.78, 5) is 27.2. The van der Waals surface area contributed by atoms with Crippen molar-refractivity contribution in [2.45, 2.75) is 19.6 Å². The molecule has 1 N–H and O–H groups in total. The van der Waals surface area contributed by atoms with Crippen molar-refractivity contribution in [1.29, 1.82) is 0 Å². The lowest BCUT2D eigenvalue weighted by atomic mass is 10.1. The van der Waals surface area contributed by atoms with E-state index in [0.717, 1.165) is 5.56 Å². The second kappa shape index (κ2) is 9.01. The lowest BCUT2D eigenvalue weighted by Crippen LogP contribution is -2.44. The van der Waals surface area contributed by atoms with Crippen molar-refractivity contribution >= 4 is 23.2 Å². The second-order valence-electron chi connectivity index (χ2n) is 7.38. The molecule has 32 heavy (non-hydrogen) atoms. The van der Waals surface area contributed by atoms with Crippen LogP contribution in [0, 0.1) is 0 Å². The highest BCUT2D eigenvalue weighted by Gasteiger charge is 2.31. The summed E-state index contributed by atoms with van der Waals surface area (Å²) in [5, 5.41) is 2.87. The lowest BCUT2D eigenvalue weighted by molar-refractivity contribution is -0.125. The Morgan fingerprint density at radius 3 is 2.47 bits per heavy atom. The van der Waals surface area contributed by atoms with Crippen LogP contribution in [0.3, 0.4) is 0 Å². The Hall–Kier alpha value is -4.00. The van der Waals surface area contributed by atoms with E-state index in [2.05, 4.69) is 5.32 Å². The molecular formula is C25H24N2O5. The first-order valence-electron chi connectivity index (χ1n) is 10.2. The van der Waals surface area contributed by atoms with Crippen molar-refractivity contribution in [2.75, 3.05) is 24.4 Å². The lowest BCUT2D eigenvalue weighted by Gasteiger charge is -2.33. The van der Waals surface area contributed by atoms with Crippen molar-refractivity contribution in [3.8, 4) is 17.2 Å². The van der Waals surface area contributed by atoms with Crippen molar-refractivity contribution in [2.24, 2.45) is 0 Å². The van der Waals surface area contributed by atoms with E-state index >= 15 is 0 Å². The highest BCUT2D eigenvalue weighted by Crippen LogP contribution is 2.37. The van der Waals surface area contributed by atoms with Gasteiger partial charge in [0.1, 0.15) is 5.75 Å². The molecule has 3 aromatic rings. The monoisotopic (exact) mass is 432 g/mol. The van der Waals surface area contributed by atoms with Gasteiger partial charge in [0.15, 0.2) is 17.6 Å². The van der Waals surface area contributed by atoms with Gasteiger partial charge in [-0.1, -0.05) is 30.3 Å². The number of nitrogens with zero attached hydrogens (tertiary/aromatic N) is 1. The molecule has 0 fully saturated rings. The molecule has 0 saturated heterocycles. The fourth-order valence-electron chi connectivity index (χ4n) is 3.60. The quantitative estimate of drug-likeness (QED) is 0.630. The summed E-state index contributed by atoms with van der Waals surface area (Å²) in [6.07, 6.45) is -0.622. The van der Waals surface area contributed by atoms with E-state index in [4.69, 9.17) is 14.2 Å². The molecule has 0 spiro atoms. The average molecular weight is 432 g/mol. The summed E-state index contributed by atoms with van der Waals surface area (Å²) in [6.45, 7) is 2.16. The first-order chi connectivity index (χ1) is 15.5. The number of hydrogen-bond donors (Lipinski definition) is 1. The topological polar surface area (TPSA) is 77.1 Å². The Kier molecular flexibility index (Phi) is 5.98. The van der Waals surface area contributed by atoms with Crippen molar-refractivity contribution in [1.82, 2.24) is 0 Å². The Balaban J connectivity index is 1.57. The van der Waals surface area contributed by atoms with Crippen LogP contribution in [0.1, 0.15) is 22.8 Å². The second-order valence-corrected chi connectivity index (χ2v) is 7.38. The van der Waals surface area contributed by atoms with Crippen LogP contribution >= 0.6 is 0 Å². The minimum Gasteiger partial charge on any atom is -0.493 e. The molecule has 2 amide bonds. The maximum absolute atomic E-state index is 12.8. The van der Waals surface area contributed by atoms with Crippen LogP contribution in [-0.2, 0) is 11.3 Å². The van der Waals surface area contributed by atoms with E-state index in [1.807, 2.05) is 30.3 Å². The number of methoxy groups -OCH3 is 2. The number of nitrogens with one attached hydrogen (secondary N) is 1. The summed E-state index contributed by atoms with van der Waals surface area (Å²) in [6, 6.07) is 20.0. The van der Waals surface area contributed by atoms with Crippen LogP contribution in [0.5, 0.6) is 17.2 Å². The van der Waals surface area contributed by atoms with Crippen molar-refractivity contribution in [3.05, 3.63) is 77.9 Å². The minimum atomic E-state index is -0.622. The maximum Gasteiger partial charge on any atom is 0.268 e. The molecule has 0 aliphatic carbocycles. The fraction of sp³-hybridized carbons (Fsp3) is 0.200. The zero-order chi connectivity index (χ0) is 22.7. The van der Waals surface area contributed by atoms with Gasteiger partial charge in [-0.3, -0.25) is 9.59 Å². The number of fused-ring (bicyclic) bond motifs is 1. The highest BCUT2D eigenvalue weighted by molar-refractivity contribution is 6.05. The van der Waals surface area contributed by atoms with E-state index in [-0.39, 0.29) is 11.8 Å². The van der Waals surface area contributed by atoms with Crippen molar-refractivity contribution in [3.63, 3.8) is 0 Å². The van der Waals surface area contributed by atoms with Gasteiger partial charge in [0.05, 0.1) is 26.5 Å². The van der Waals surface area contributed by atoms with E-state index in [9.17, 15) is 9.59 Å². The van der Waals surface area contributed by atoms with Gasteiger partial charge in [-0.2, -0.15) is 0 Å². The largest absolute Gasteiger partial charge is 0.493 e. The minimum absolute atomic E-state index is 0.108. The molecule has 1 heterocycles. The zero-order valence-corrected chi connectivity index (χ0v) is 18.1. The van der Waals surface area contributed by atoms with Crippen LogP contribution in [0.25, 0.3) is 0 Å². The number of rotatable bonds is 6. The molecule has 1 unspecified atom stereocenters. The van der Waals surface area contributed by atoms with Gasteiger partial charge in [0.2, 0.25) is 0 Å². The summed E-state index contributed by atoms with van der Waals surface area (Å²) >= 11 is 0. The smallest absolute Gasteiger partial charge is 0.268 e. The highest BCUT2D eigenvalue weighted by atomic mass is 16.5. The van der Waals surface area contributed by atoms with Crippen LogP contribution in [0.4, 0.5) is 11.4 Å². The molecule has 3 aromatic carbocycles. The van der Waals surface area contributed by atoms with E-state index in [1.54, 1.807) is 48.2 Å².